The summed E-state index contributed by atoms with van der Waals surface area (Å²) in [7, 11) is -9.28. The molecule has 2 N–H and O–H groups in total. The van der Waals surface area contributed by atoms with E-state index in [0.717, 1.165) is 0 Å². The molecule has 0 saturated carbocycles. The average Bonchev–Trinajstić information content (AvgIpc) is 1.84. The van der Waals surface area contributed by atoms with E-state index in [1.165, 1.54) is 14.0 Å². The highest BCUT2D eigenvalue weighted by molar-refractivity contribution is 8.62. The van der Waals surface area contributed by atoms with E-state index >= 15 is 0 Å². The molecule has 0 aromatic heterocycles. The van der Waals surface area contributed by atoms with Crippen LogP contribution in [0.1, 0.15) is 6.92 Å². The standard InChI is InChI=1S/C3H6O2.H2O6S2/c1-3(4)5-2;1-7(2,3)8(4,5)6/h1-2H3;(H,1,2,3)(H,4,5,6). The third-order valence-corrected chi connectivity index (χ3v) is 2.68. The van der Waals surface area contributed by atoms with Crippen molar-refractivity contribution in [3.05, 3.63) is 0 Å². The lowest BCUT2D eigenvalue weighted by atomic mass is 10.8. The van der Waals surface area contributed by atoms with Crippen LogP contribution in [0.25, 0.3) is 0 Å². The summed E-state index contributed by atoms with van der Waals surface area (Å²) < 4.78 is 56.6. The monoisotopic (exact) mass is 236 g/mol. The van der Waals surface area contributed by atoms with Gasteiger partial charge in [-0.2, -0.15) is 16.8 Å². The van der Waals surface area contributed by atoms with Crippen molar-refractivity contribution in [1.82, 2.24) is 0 Å². The molecule has 0 atom stereocenters. The van der Waals surface area contributed by atoms with E-state index in [0.29, 0.717) is 0 Å². The Kier molecular flexibility index (Phi) is 5.82. The Balaban J connectivity index is 0. The molecular formula is C3H8O8S2. The first kappa shape index (κ1) is 14.8. The van der Waals surface area contributed by atoms with Crippen LogP contribution in [0.2, 0.25) is 0 Å². The molecule has 10 heteroatoms. The van der Waals surface area contributed by atoms with Gasteiger partial charge in [0.1, 0.15) is 0 Å². The number of methoxy groups -OCH3 is 1. The lowest BCUT2D eigenvalue weighted by molar-refractivity contribution is -0.137. The quantitative estimate of drug-likeness (QED) is 0.331. The van der Waals surface area contributed by atoms with Gasteiger partial charge in [-0.1, -0.05) is 0 Å². The molecule has 0 amide bonds. The summed E-state index contributed by atoms with van der Waals surface area (Å²) in [5.74, 6) is -0.245. The highest BCUT2D eigenvalue weighted by Crippen LogP contribution is 1.90. The maximum atomic E-state index is 9.59. The molecule has 0 aromatic rings. The number of rotatable bonds is 1. The topological polar surface area (TPSA) is 135 Å². The first-order valence-electron chi connectivity index (χ1n) is 2.51. The van der Waals surface area contributed by atoms with Gasteiger partial charge in [0.25, 0.3) is 0 Å². The Hall–Kier alpha value is -0.710. The van der Waals surface area contributed by atoms with E-state index in [4.69, 9.17) is 9.11 Å². The maximum Gasteiger partial charge on any atom is 0.397 e. The predicted molar refractivity (Wildman–Crippen MR) is 40.8 cm³/mol. The third kappa shape index (κ3) is 9.20. The molecule has 0 aliphatic rings. The van der Waals surface area contributed by atoms with Crippen molar-refractivity contribution in [2.45, 2.75) is 6.92 Å². The van der Waals surface area contributed by atoms with Crippen LogP contribution in [0.3, 0.4) is 0 Å². The minimum absolute atomic E-state index is 0.245. The van der Waals surface area contributed by atoms with Gasteiger partial charge < -0.3 is 4.74 Å². The molecule has 8 nitrogen and oxygen atoms in total. The Labute approximate surface area is 74.4 Å². The Bertz CT molecular complexity index is 317. The molecule has 13 heavy (non-hydrogen) atoms. The second-order valence-electron chi connectivity index (χ2n) is 1.55. The highest BCUT2D eigenvalue weighted by Gasteiger charge is 2.22. The van der Waals surface area contributed by atoms with Gasteiger partial charge in [-0.15, -0.1) is 0 Å². The molecule has 0 aliphatic carbocycles. The first-order chi connectivity index (χ1) is 5.52. The molecule has 0 fully saturated rings. The third-order valence-electron chi connectivity index (χ3n) is 0.554. The van der Waals surface area contributed by atoms with Crippen molar-refractivity contribution >= 4 is 24.3 Å². The molecule has 0 bridgehead atoms. The number of carbonyl (C=O) groups excluding carboxylic acids is 1. The zero-order chi connectivity index (χ0) is 11.3. The zero-order valence-corrected chi connectivity index (χ0v) is 8.29. The van der Waals surface area contributed by atoms with Crippen LogP contribution in [0.4, 0.5) is 0 Å². The van der Waals surface area contributed by atoms with Gasteiger partial charge in [0.2, 0.25) is 0 Å². The zero-order valence-electron chi connectivity index (χ0n) is 6.66. The van der Waals surface area contributed by atoms with Gasteiger partial charge in [-0.3, -0.25) is 13.9 Å². The smallest absolute Gasteiger partial charge is 0.397 e. The summed E-state index contributed by atoms with van der Waals surface area (Å²) in [4.78, 5) is 9.59. The molecule has 0 rings (SSSR count). The molecule has 0 heterocycles. The van der Waals surface area contributed by atoms with Crippen LogP contribution in [-0.2, 0) is 27.8 Å². The SMILES string of the molecule is COC(C)=O.O=S(=O)(O)S(=O)(=O)O. The fourth-order valence-corrected chi connectivity index (χ4v) is 0. The van der Waals surface area contributed by atoms with Gasteiger partial charge in [0, 0.05) is 6.92 Å². The molecule has 0 aliphatic heterocycles. The van der Waals surface area contributed by atoms with E-state index < -0.39 is 18.3 Å². The highest BCUT2D eigenvalue weighted by atomic mass is 33.2. The Morgan fingerprint density at radius 1 is 1.08 bits per heavy atom. The fraction of sp³-hybridized carbons (Fsp3) is 0.667. The van der Waals surface area contributed by atoms with Crippen LogP contribution in [0.15, 0.2) is 0 Å². The van der Waals surface area contributed by atoms with E-state index in [1.54, 1.807) is 0 Å². The minimum Gasteiger partial charge on any atom is -0.469 e. The number of esters is 1. The largest absolute Gasteiger partial charge is 0.469 e. The van der Waals surface area contributed by atoms with E-state index in [2.05, 4.69) is 4.74 Å². The van der Waals surface area contributed by atoms with Crippen LogP contribution in [-0.4, -0.2) is 39.0 Å². The van der Waals surface area contributed by atoms with Crippen LogP contribution in [0, 0.1) is 0 Å². The molecular weight excluding hydrogens is 228 g/mol. The number of ether oxygens (including phenoxy) is 1. The molecule has 0 unspecified atom stereocenters. The number of carbonyl (C=O) groups is 1. The summed E-state index contributed by atoms with van der Waals surface area (Å²) in [6.45, 7) is 1.36. The molecule has 0 radical (unpaired) electrons. The first-order valence-corrected chi connectivity index (χ1v) is 5.91. The van der Waals surface area contributed by atoms with Crippen molar-refractivity contribution in [3.63, 3.8) is 0 Å². The van der Waals surface area contributed by atoms with Crippen molar-refractivity contribution < 1.29 is 35.5 Å². The second kappa shape index (κ2) is 5.11. The van der Waals surface area contributed by atoms with Crippen molar-refractivity contribution in [3.8, 4) is 0 Å². The maximum absolute atomic E-state index is 9.59. The van der Waals surface area contributed by atoms with Crippen molar-refractivity contribution in [2.75, 3.05) is 7.11 Å². The summed E-state index contributed by atoms with van der Waals surface area (Å²) in [5, 5.41) is 0. The average molecular weight is 236 g/mol. The fourth-order valence-electron chi connectivity index (χ4n) is 0. The number of hydrogen-bond acceptors (Lipinski definition) is 6. The van der Waals surface area contributed by atoms with Gasteiger partial charge >= 0.3 is 24.3 Å². The Morgan fingerprint density at radius 2 is 1.23 bits per heavy atom. The number of hydrogen-bond donors (Lipinski definition) is 2. The molecule has 0 aromatic carbocycles. The molecule has 0 spiro atoms. The van der Waals surface area contributed by atoms with E-state index in [1.807, 2.05) is 0 Å². The van der Waals surface area contributed by atoms with Crippen LogP contribution < -0.4 is 0 Å². The van der Waals surface area contributed by atoms with Gasteiger partial charge in [0.15, 0.2) is 0 Å². The molecule has 80 valence electrons. The lowest BCUT2D eigenvalue weighted by Gasteiger charge is -1.84. The van der Waals surface area contributed by atoms with Crippen LogP contribution in [0.5, 0.6) is 0 Å². The second-order valence-corrected chi connectivity index (χ2v) is 5.79. The Morgan fingerprint density at radius 3 is 1.23 bits per heavy atom. The van der Waals surface area contributed by atoms with Gasteiger partial charge in [0.05, 0.1) is 7.11 Å². The van der Waals surface area contributed by atoms with E-state index in [9.17, 15) is 21.6 Å². The summed E-state index contributed by atoms with van der Waals surface area (Å²) in [5.41, 5.74) is 0. The lowest BCUT2D eigenvalue weighted by Crippen LogP contribution is -2.11. The summed E-state index contributed by atoms with van der Waals surface area (Å²) in [6.07, 6.45) is 0. The normalized spacial score (nSPS) is 11.1. The predicted octanol–water partition coefficient (Wildman–Crippen LogP) is -1.14. The summed E-state index contributed by atoms with van der Waals surface area (Å²) >= 11 is 0. The summed E-state index contributed by atoms with van der Waals surface area (Å²) in [6, 6.07) is 0. The van der Waals surface area contributed by atoms with Crippen molar-refractivity contribution in [2.24, 2.45) is 0 Å². The van der Waals surface area contributed by atoms with Crippen LogP contribution >= 0.6 is 0 Å². The van der Waals surface area contributed by atoms with Gasteiger partial charge in [-0.05, 0) is 0 Å². The molecule has 0 saturated heterocycles. The van der Waals surface area contributed by atoms with E-state index in [-0.39, 0.29) is 5.97 Å². The van der Waals surface area contributed by atoms with Gasteiger partial charge in [-0.25, -0.2) is 0 Å². The van der Waals surface area contributed by atoms with Crippen molar-refractivity contribution in [1.29, 1.82) is 0 Å². The minimum atomic E-state index is -5.31.